The molecule has 2 aromatic heterocycles. The van der Waals surface area contributed by atoms with Gasteiger partial charge in [0.05, 0.1) is 5.69 Å². The summed E-state index contributed by atoms with van der Waals surface area (Å²) in [5.41, 5.74) is 1.02. The second kappa shape index (κ2) is 4.55. The Kier molecular flexibility index (Phi) is 3.13. The van der Waals surface area contributed by atoms with Crippen LogP contribution in [0.4, 0.5) is 0 Å². The van der Waals surface area contributed by atoms with Crippen LogP contribution in [0.25, 0.3) is 0 Å². The first-order valence-corrected chi connectivity index (χ1v) is 5.73. The van der Waals surface area contributed by atoms with Gasteiger partial charge in [-0.15, -0.1) is 16.4 Å². The zero-order valence-electron chi connectivity index (χ0n) is 8.84. The van der Waals surface area contributed by atoms with Gasteiger partial charge in [-0.2, -0.15) is 0 Å². The maximum Gasteiger partial charge on any atom is 0.0846 e. The van der Waals surface area contributed by atoms with E-state index in [1.807, 2.05) is 20.3 Å². The molecule has 2 rings (SSSR count). The minimum absolute atomic E-state index is 0.335. The van der Waals surface area contributed by atoms with Crippen molar-refractivity contribution in [2.24, 2.45) is 7.05 Å². The van der Waals surface area contributed by atoms with Crippen molar-refractivity contribution in [2.45, 2.75) is 12.5 Å². The SMILES string of the molecule is CNC(Cc1cn(C)nn1)c1cccs1. The van der Waals surface area contributed by atoms with Gasteiger partial charge in [0.1, 0.15) is 0 Å². The van der Waals surface area contributed by atoms with Crippen LogP contribution in [0, 0.1) is 0 Å². The van der Waals surface area contributed by atoms with E-state index in [0.717, 1.165) is 12.1 Å². The molecule has 0 radical (unpaired) electrons. The highest BCUT2D eigenvalue weighted by molar-refractivity contribution is 7.10. The van der Waals surface area contributed by atoms with Gasteiger partial charge in [-0.05, 0) is 18.5 Å². The molecule has 4 nitrogen and oxygen atoms in total. The van der Waals surface area contributed by atoms with Gasteiger partial charge in [-0.3, -0.25) is 4.68 Å². The molecule has 1 N–H and O–H groups in total. The second-order valence-electron chi connectivity index (χ2n) is 3.44. The number of aromatic nitrogens is 3. The van der Waals surface area contributed by atoms with Crippen LogP contribution < -0.4 is 5.32 Å². The summed E-state index contributed by atoms with van der Waals surface area (Å²) in [6.45, 7) is 0. The van der Waals surface area contributed by atoms with E-state index in [0.29, 0.717) is 6.04 Å². The maximum absolute atomic E-state index is 4.09. The molecule has 0 fully saturated rings. The van der Waals surface area contributed by atoms with E-state index in [2.05, 4.69) is 33.1 Å². The molecular weight excluding hydrogens is 208 g/mol. The van der Waals surface area contributed by atoms with Crippen LogP contribution in [0.2, 0.25) is 0 Å². The van der Waals surface area contributed by atoms with Gasteiger partial charge in [0.25, 0.3) is 0 Å². The van der Waals surface area contributed by atoms with Crippen molar-refractivity contribution in [3.63, 3.8) is 0 Å². The minimum Gasteiger partial charge on any atom is -0.312 e. The first-order chi connectivity index (χ1) is 7.29. The molecule has 0 spiro atoms. The lowest BCUT2D eigenvalue weighted by Gasteiger charge is -2.12. The average molecular weight is 222 g/mol. The van der Waals surface area contributed by atoms with E-state index >= 15 is 0 Å². The van der Waals surface area contributed by atoms with Crippen molar-refractivity contribution in [3.8, 4) is 0 Å². The number of hydrogen-bond acceptors (Lipinski definition) is 4. The van der Waals surface area contributed by atoms with Crippen molar-refractivity contribution in [1.82, 2.24) is 20.3 Å². The third-order valence-corrected chi connectivity index (χ3v) is 3.28. The Morgan fingerprint density at radius 2 is 2.47 bits per heavy atom. The predicted molar refractivity (Wildman–Crippen MR) is 60.8 cm³/mol. The van der Waals surface area contributed by atoms with Crippen molar-refractivity contribution in [3.05, 3.63) is 34.3 Å². The van der Waals surface area contributed by atoms with Crippen molar-refractivity contribution >= 4 is 11.3 Å². The smallest absolute Gasteiger partial charge is 0.0846 e. The highest BCUT2D eigenvalue weighted by Gasteiger charge is 2.12. The molecule has 0 bridgehead atoms. The Morgan fingerprint density at radius 1 is 1.60 bits per heavy atom. The Balaban J connectivity index is 2.09. The molecular formula is C10H14N4S. The summed E-state index contributed by atoms with van der Waals surface area (Å²) >= 11 is 1.76. The highest BCUT2D eigenvalue weighted by Crippen LogP contribution is 2.21. The summed E-state index contributed by atoms with van der Waals surface area (Å²) in [7, 11) is 3.86. The molecule has 0 aliphatic rings. The molecule has 15 heavy (non-hydrogen) atoms. The van der Waals surface area contributed by atoms with Gasteiger partial charge in [0.2, 0.25) is 0 Å². The van der Waals surface area contributed by atoms with Crippen LogP contribution in [-0.4, -0.2) is 22.0 Å². The number of rotatable bonds is 4. The molecule has 0 aromatic carbocycles. The Hall–Kier alpha value is -1.20. The first kappa shape index (κ1) is 10.3. The summed E-state index contributed by atoms with van der Waals surface area (Å²) in [4.78, 5) is 1.34. The molecule has 2 aromatic rings. The second-order valence-corrected chi connectivity index (χ2v) is 4.42. The highest BCUT2D eigenvalue weighted by atomic mass is 32.1. The fourth-order valence-corrected chi connectivity index (χ4v) is 2.37. The largest absolute Gasteiger partial charge is 0.312 e. The monoisotopic (exact) mass is 222 g/mol. The van der Waals surface area contributed by atoms with Crippen molar-refractivity contribution in [1.29, 1.82) is 0 Å². The van der Waals surface area contributed by atoms with Crippen LogP contribution in [-0.2, 0) is 13.5 Å². The molecule has 0 aliphatic heterocycles. The van der Waals surface area contributed by atoms with Gasteiger partial charge in [-0.1, -0.05) is 11.3 Å². The van der Waals surface area contributed by atoms with Gasteiger partial charge in [0.15, 0.2) is 0 Å². The standard InChI is InChI=1S/C10H14N4S/c1-11-9(10-4-3-5-15-10)6-8-7-14(2)13-12-8/h3-5,7,9,11H,6H2,1-2H3. The third kappa shape index (κ3) is 2.43. The summed E-state index contributed by atoms with van der Waals surface area (Å²) in [6.07, 6.45) is 2.84. The lowest BCUT2D eigenvalue weighted by molar-refractivity contribution is 0.593. The summed E-state index contributed by atoms with van der Waals surface area (Å²) in [5.74, 6) is 0. The van der Waals surface area contributed by atoms with E-state index in [4.69, 9.17) is 0 Å². The van der Waals surface area contributed by atoms with Crippen molar-refractivity contribution < 1.29 is 0 Å². The van der Waals surface area contributed by atoms with Crippen LogP contribution in [0.1, 0.15) is 16.6 Å². The Morgan fingerprint density at radius 3 is 3.00 bits per heavy atom. The van der Waals surface area contributed by atoms with Crippen LogP contribution in [0.5, 0.6) is 0 Å². The number of hydrogen-bond donors (Lipinski definition) is 1. The number of aryl methyl sites for hydroxylation is 1. The predicted octanol–water partition coefficient (Wildman–Crippen LogP) is 1.38. The van der Waals surface area contributed by atoms with E-state index in [1.165, 1.54) is 4.88 Å². The molecule has 1 unspecified atom stereocenters. The fraction of sp³-hybridized carbons (Fsp3) is 0.400. The average Bonchev–Trinajstić information content (AvgIpc) is 2.85. The summed E-state index contributed by atoms with van der Waals surface area (Å²) < 4.78 is 1.73. The Bertz CT molecular complexity index is 407. The number of nitrogens with one attached hydrogen (secondary N) is 1. The topological polar surface area (TPSA) is 42.7 Å². The van der Waals surface area contributed by atoms with E-state index in [9.17, 15) is 0 Å². The quantitative estimate of drug-likeness (QED) is 0.850. The van der Waals surface area contributed by atoms with Crippen LogP contribution in [0.3, 0.4) is 0 Å². The van der Waals surface area contributed by atoms with Crippen molar-refractivity contribution in [2.75, 3.05) is 7.05 Å². The van der Waals surface area contributed by atoms with Crippen LogP contribution >= 0.6 is 11.3 Å². The molecule has 1 atom stereocenters. The minimum atomic E-state index is 0.335. The fourth-order valence-electron chi connectivity index (χ4n) is 1.53. The third-order valence-electron chi connectivity index (χ3n) is 2.30. The molecule has 0 saturated carbocycles. The zero-order valence-corrected chi connectivity index (χ0v) is 9.66. The van der Waals surface area contributed by atoms with Gasteiger partial charge in [-0.25, -0.2) is 0 Å². The summed E-state index contributed by atoms with van der Waals surface area (Å²) in [6, 6.07) is 4.55. The van der Waals surface area contributed by atoms with Gasteiger partial charge in [0, 0.05) is 30.6 Å². The normalized spacial score (nSPS) is 12.9. The first-order valence-electron chi connectivity index (χ1n) is 4.85. The Labute approximate surface area is 92.9 Å². The molecule has 5 heteroatoms. The van der Waals surface area contributed by atoms with E-state index in [-0.39, 0.29) is 0 Å². The lowest BCUT2D eigenvalue weighted by atomic mass is 10.1. The molecule has 80 valence electrons. The van der Waals surface area contributed by atoms with E-state index < -0.39 is 0 Å². The van der Waals surface area contributed by atoms with Gasteiger partial charge >= 0.3 is 0 Å². The lowest BCUT2D eigenvalue weighted by Crippen LogP contribution is -2.17. The molecule has 2 heterocycles. The zero-order chi connectivity index (χ0) is 10.7. The summed E-state index contributed by atoms with van der Waals surface area (Å²) in [5, 5.41) is 13.4. The van der Waals surface area contributed by atoms with Crippen LogP contribution in [0.15, 0.2) is 23.7 Å². The molecule has 0 amide bonds. The molecule has 0 saturated heterocycles. The molecule has 0 aliphatic carbocycles. The van der Waals surface area contributed by atoms with E-state index in [1.54, 1.807) is 16.0 Å². The number of nitrogens with zero attached hydrogens (tertiary/aromatic N) is 3. The maximum atomic E-state index is 4.09. The number of likely N-dealkylation sites (N-methyl/N-ethyl adjacent to an activating group) is 1. The number of thiophene rings is 1. The van der Waals surface area contributed by atoms with Gasteiger partial charge < -0.3 is 5.32 Å².